The summed E-state index contributed by atoms with van der Waals surface area (Å²) in [6, 6.07) is 20.9. The lowest BCUT2D eigenvalue weighted by Gasteiger charge is -2.33. The van der Waals surface area contributed by atoms with E-state index in [2.05, 4.69) is 62.1 Å². The maximum absolute atomic E-state index is 6.07. The van der Waals surface area contributed by atoms with Gasteiger partial charge in [0.1, 0.15) is 0 Å². The SMILES string of the molecule is CC.CC.Cc1cc(N2c3ccccc3Oc3ccccc32)cc(C)c1C. The molecular weight excluding hydrogens is 330 g/mol. The van der Waals surface area contributed by atoms with Crippen molar-refractivity contribution in [2.75, 3.05) is 4.90 Å². The van der Waals surface area contributed by atoms with Crippen LogP contribution in [-0.2, 0) is 0 Å². The standard InChI is InChI=1S/C21H19NO.2C2H6/c1-14-12-17(13-15(2)16(14)3)22-18-8-4-6-10-20(18)23-21-11-7-5-9-19(21)22;2*1-2/h4-13H,1-3H3;2*1-2H3. The molecule has 2 heteroatoms. The molecule has 3 aromatic carbocycles. The van der Waals surface area contributed by atoms with Gasteiger partial charge in [-0.1, -0.05) is 52.0 Å². The first-order valence-corrected chi connectivity index (χ1v) is 9.89. The van der Waals surface area contributed by atoms with E-state index in [0.717, 1.165) is 22.9 Å². The summed E-state index contributed by atoms with van der Waals surface area (Å²) >= 11 is 0. The van der Waals surface area contributed by atoms with E-state index in [4.69, 9.17) is 4.74 Å². The quantitative estimate of drug-likeness (QED) is 0.338. The number of hydrogen-bond donors (Lipinski definition) is 0. The lowest BCUT2D eigenvalue weighted by atomic mass is 10.0. The normalized spacial score (nSPS) is 11.0. The molecule has 3 aromatic rings. The van der Waals surface area contributed by atoms with Gasteiger partial charge in [-0.05, 0) is 73.9 Å². The van der Waals surface area contributed by atoms with E-state index in [0.29, 0.717) is 0 Å². The lowest BCUT2D eigenvalue weighted by molar-refractivity contribution is 0.477. The zero-order valence-corrected chi connectivity index (χ0v) is 17.6. The Hall–Kier alpha value is -2.74. The molecule has 0 spiro atoms. The van der Waals surface area contributed by atoms with Gasteiger partial charge in [0.2, 0.25) is 0 Å². The molecule has 0 atom stereocenters. The molecule has 0 aliphatic carbocycles. The molecule has 0 radical (unpaired) electrons. The molecule has 1 aliphatic heterocycles. The summed E-state index contributed by atoms with van der Waals surface area (Å²) in [6.45, 7) is 14.5. The highest BCUT2D eigenvalue weighted by Gasteiger charge is 2.25. The van der Waals surface area contributed by atoms with Crippen molar-refractivity contribution in [3.63, 3.8) is 0 Å². The van der Waals surface area contributed by atoms with E-state index in [1.165, 1.54) is 22.4 Å². The number of aryl methyl sites for hydroxylation is 2. The van der Waals surface area contributed by atoms with Crippen LogP contribution in [0.25, 0.3) is 0 Å². The largest absolute Gasteiger partial charge is 0.453 e. The molecule has 142 valence electrons. The Morgan fingerprint density at radius 2 is 1.04 bits per heavy atom. The van der Waals surface area contributed by atoms with Gasteiger partial charge < -0.3 is 9.64 Å². The fraction of sp³-hybridized carbons (Fsp3) is 0.280. The number of nitrogens with zero attached hydrogens (tertiary/aromatic N) is 1. The topological polar surface area (TPSA) is 12.5 Å². The molecule has 0 saturated heterocycles. The number of benzene rings is 3. The van der Waals surface area contributed by atoms with Gasteiger partial charge in [0.25, 0.3) is 0 Å². The first-order valence-electron chi connectivity index (χ1n) is 9.89. The highest BCUT2D eigenvalue weighted by molar-refractivity contribution is 5.86. The Morgan fingerprint density at radius 1 is 0.630 bits per heavy atom. The van der Waals surface area contributed by atoms with Gasteiger partial charge in [0, 0.05) is 5.69 Å². The Kier molecular flexibility index (Phi) is 7.06. The van der Waals surface area contributed by atoms with Crippen LogP contribution >= 0.6 is 0 Å². The van der Waals surface area contributed by atoms with E-state index in [1.54, 1.807) is 0 Å². The monoisotopic (exact) mass is 361 g/mol. The minimum absolute atomic E-state index is 0.891. The van der Waals surface area contributed by atoms with Crippen LogP contribution in [0.1, 0.15) is 44.4 Å². The van der Waals surface area contributed by atoms with Crippen LogP contribution < -0.4 is 9.64 Å². The van der Waals surface area contributed by atoms with Crippen LogP contribution in [0, 0.1) is 20.8 Å². The zero-order chi connectivity index (χ0) is 20.0. The number of rotatable bonds is 1. The predicted octanol–water partition coefficient (Wildman–Crippen LogP) is 8.24. The third-order valence-electron chi connectivity index (χ3n) is 4.60. The summed E-state index contributed by atoms with van der Waals surface area (Å²) in [7, 11) is 0. The van der Waals surface area contributed by atoms with Gasteiger partial charge >= 0.3 is 0 Å². The number of anilines is 3. The van der Waals surface area contributed by atoms with Crippen LogP contribution in [0.3, 0.4) is 0 Å². The van der Waals surface area contributed by atoms with Crippen LogP contribution in [0.15, 0.2) is 60.7 Å². The van der Waals surface area contributed by atoms with Crippen molar-refractivity contribution < 1.29 is 4.74 Å². The summed E-state index contributed by atoms with van der Waals surface area (Å²) in [4.78, 5) is 2.29. The Balaban J connectivity index is 0.000000614. The first-order chi connectivity index (χ1) is 13.1. The summed E-state index contributed by atoms with van der Waals surface area (Å²) in [5, 5.41) is 0. The Morgan fingerprint density at radius 3 is 1.48 bits per heavy atom. The molecule has 0 aromatic heterocycles. The highest BCUT2D eigenvalue weighted by atomic mass is 16.5. The number of fused-ring (bicyclic) bond motifs is 2. The minimum atomic E-state index is 0.891. The van der Waals surface area contributed by atoms with Crippen LogP contribution in [-0.4, -0.2) is 0 Å². The van der Waals surface area contributed by atoms with Crippen molar-refractivity contribution in [2.24, 2.45) is 0 Å². The van der Waals surface area contributed by atoms with E-state index in [1.807, 2.05) is 52.0 Å². The molecule has 0 saturated carbocycles. The van der Waals surface area contributed by atoms with Crippen LogP contribution in [0.2, 0.25) is 0 Å². The van der Waals surface area contributed by atoms with Crippen molar-refractivity contribution in [2.45, 2.75) is 48.5 Å². The van der Waals surface area contributed by atoms with Crippen LogP contribution in [0.5, 0.6) is 11.5 Å². The molecule has 1 heterocycles. The lowest BCUT2D eigenvalue weighted by Crippen LogP contribution is -2.16. The molecule has 27 heavy (non-hydrogen) atoms. The molecule has 4 rings (SSSR count). The first kappa shape index (κ1) is 20.6. The fourth-order valence-electron chi connectivity index (χ4n) is 3.12. The van der Waals surface area contributed by atoms with Gasteiger partial charge in [-0.15, -0.1) is 0 Å². The molecule has 2 nitrogen and oxygen atoms in total. The average molecular weight is 362 g/mol. The minimum Gasteiger partial charge on any atom is -0.453 e. The highest BCUT2D eigenvalue weighted by Crippen LogP contribution is 2.50. The van der Waals surface area contributed by atoms with Crippen molar-refractivity contribution >= 4 is 17.1 Å². The van der Waals surface area contributed by atoms with E-state index in [9.17, 15) is 0 Å². The van der Waals surface area contributed by atoms with Gasteiger partial charge in [-0.25, -0.2) is 0 Å². The third kappa shape index (κ3) is 4.00. The van der Waals surface area contributed by atoms with Gasteiger partial charge in [0.15, 0.2) is 11.5 Å². The summed E-state index contributed by atoms with van der Waals surface area (Å²) < 4.78 is 6.07. The number of hydrogen-bond acceptors (Lipinski definition) is 2. The molecular formula is C25H31NO. The van der Waals surface area contributed by atoms with E-state index < -0.39 is 0 Å². The second-order valence-corrected chi connectivity index (χ2v) is 6.08. The van der Waals surface area contributed by atoms with E-state index >= 15 is 0 Å². The Bertz CT molecular complexity index is 830. The molecule has 1 aliphatic rings. The Labute approximate surface area is 164 Å². The van der Waals surface area contributed by atoms with E-state index in [-0.39, 0.29) is 0 Å². The molecule has 0 fully saturated rings. The van der Waals surface area contributed by atoms with Crippen molar-refractivity contribution in [3.8, 4) is 11.5 Å². The second kappa shape index (κ2) is 9.27. The van der Waals surface area contributed by atoms with Crippen molar-refractivity contribution in [1.29, 1.82) is 0 Å². The van der Waals surface area contributed by atoms with Crippen LogP contribution in [0.4, 0.5) is 17.1 Å². The zero-order valence-electron chi connectivity index (χ0n) is 17.6. The molecule has 0 N–H and O–H groups in total. The van der Waals surface area contributed by atoms with Crippen molar-refractivity contribution in [3.05, 3.63) is 77.4 Å². The average Bonchev–Trinajstić information content (AvgIpc) is 2.72. The maximum atomic E-state index is 6.07. The number of ether oxygens (including phenoxy) is 1. The van der Waals surface area contributed by atoms with Crippen molar-refractivity contribution in [1.82, 2.24) is 0 Å². The summed E-state index contributed by atoms with van der Waals surface area (Å²) in [5.74, 6) is 1.78. The fourth-order valence-corrected chi connectivity index (χ4v) is 3.12. The third-order valence-corrected chi connectivity index (χ3v) is 4.60. The van der Waals surface area contributed by atoms with Gasteiger partial charge in [-0.2, -0.15) is 0 Å². The summed E-state index contributed by atoms with van der Waals surface area (Å²) in [6.07, 6.45) is 0. The van der Waals surface area contributed by atoms with Gasteiger partial charge in [0.05, 0.1) is 11.4 Å². The second-order valence-electron chi connectivity index (χ2n) is 6.08. The van der Waals surface area contributed by atoms with Gasteiger partial charge in [-0.3, -0.25) is 0 Å². The maximum Gasteiger partial charge on any atom is 0.151 e. The molecule has 0 unspecified atom stereocenters. The predicted molar refractivity (Wildman–Crippen MR) is 118 cm³/mol. The summed E-state index contributed by atoms with van der Waals surface area (Å²) in [5.41, 5.74) is 7.29. The number of para-hydroxylation sites is 4. The smallest absolute Gasteiger partial charge is 0.151 e. The molecule has 0 amide bonds. The molecule has 0 bridgehead atoms.